The van der Waals surface area contributed by atoms with Gasteiger partial charge in [-0.05, 0) is 36.4 Å². The van der Waals surface area contributed by atoms with Crippen molar-refractivity contribution < 1.29 is 4.79 Å². The van der Waals surface area contributed by atoms with Gasteiger partial charge in [0.1, 0.15) is 0 Å². The molecule has 2 rings (SSSR count). The highest BCUT2D eigenvalue weighted by atomic mass is 16.1. The van der Waals surface area contributed by atoms with Crippen LogP contribution in [0.5, 0.6) is 0 Å². The Balaban J connectivity index is 1.78. The van der Waals surface area contributed by atoms with Gasteiger partial charge in [-0.1, -0.05) is 49.8 Å². The lowest BCUT2D eigenvalue weighted by atomic mass is 10.0. The zero-order valence-corrected chi connectivity index (χ0v) is 13.1. The van der Waals surface area contributed by atoms with Crippen LogP contribution in [-0.2, 0) is 17.6 Å². The Kier molecular flexibility index (Phi) is 6.00. The Bertz CT molecular complexity index is 488. The molecule has 0 radical (unpaired) electrons. The highest BCUT2D eigenvalue weighted by Crippen LogP contribution is 2.10. The number of benzene rings is 1. The van der Waals surface area contributed by atoms with Crippen molar-refractivity contribution in [3.8, 4) is 0 Å². The smallest absolute Gasteiger partial charge is 0.224 e. The van der Waals surface area contributed by atoms with Crippen molar-refractivity contribution >= 4 is 5.91 Å². The van der Waals surface area contributed by atoms with E-state index in [0.29, 0.717) is 18.9 Å². The molecule has 0 spiro atoms. The summed E-state index contributed by atoms with van der Waals surface area (Å²) < 4.78 is 0. The standard InChI is InChI=1S/C18H26N2O/c1-14(2)11-15-3-5-16(6-4-15)12-18(21)20-13-17-7-9-19-10-8-17/h3-7,14,19H,8-13H2,1-2H3,(H,20,21). The van der Waals surface area contributed by atoms with Gasteiger partial charge in [0.05, 0.1) is 6.42 Å². The number of rotatable bonds is 6. The minimum absolute atomic E-state index is 0.103. The minimum Gasteiger partial charge on any atom is -0.352 e. The highest BCUT2D eigenvalue weighted by Gasteiger charge is 2.07. The molecule has 0 fully saturated rings. The average molecular weight is 286 g/mol. The number of nitrogens with one attached hydrogen (secondary N) is 2. The SMILES string of the molecule is CC(C)Cc1ccc(CC(=O)NCC2=CCNCC2)cc1. The Labute approximate surface area is 127 Å². The van der Waals surface area contributed by atoms with Gasteiger partial charge in [-0.3, -0.25) is 4.79 Å². The Morgan fingerprint density at radius 1 is 1.24 bits per heavy atom. The molecule has 0 unspecified atom stereocenters. The van der Waals surface area contributed by atoms with Crippen LogP contribution < -0.4 is 10.6 Å². The molecule has 1 aromatic rings. The first-order valence-corrected chi connectivity index (χ1v) is 7.86. The minimum atomic E-state index is 0.103. The molecule has 1 aliphatic heterocycles. The maximum Gasteiger partial charge on any atom is 0.224 e. The lowest BCUT2D eigenvalue weighted by molar-refractivity contribution is -0.120. The molecule has 114 valence electrons. The van der Waals surface area contributed by atoms with E-state index in [1.54, 1.807) is 0 Å². The number of hydrogen-bond acceptors (Lipinski definition) is 2. The second-order valence-corrected chi connectivity index (χ2v) is 6.18. The van der Waals surface area contributed by atoms with Gasteiger partial charge < -0.3 is 10.6 Å². The van der Waals surface area contributed by atoms with E-state index >= 15 is 0 Å². The van der Waals surface area contributed by atoms with Crippen LogP contribution in [0, 0.1) is 5.92 Å². The lowest BCUT2D eigenvalue weighted by Crippen LogP contribution is -2.30. The molecule has 3 heteroatoms. The summed E-state index contributed by atoms with van der Waals surface area (Å²) in [5.74, 6) is 0.767. The van der Waals surface area contributed by atoms with Gasteiger partial charge in [-0.25, -0.2) is 0 Å². The largest absolute Gasteiger partial charge is 0.352 e. The third-order valence-electron chi connectivity index (χ3n) is 3.70. The summed E-state index contributed by atoms with van der Waals surface area (Å²) >= 11 is 0. The molecule has 1 heterocycles. The number of amides is 1. The first-order valence-electron chi connectivity index (χ1n) is 7.86. The molecule has 21 heavy (non-hydrogen) atoms. The van der Waals surface area contributed by atoms with Crippen molar-refractivity contribution in [3.05, 3.63) is 47.0 Å². The fraction of sp³-hybridized carbons (Fsp3) is 0.500. The lowest BCUT2D eigenvalue weighted by Gasteiger charge is -2.14. The molecule has 3 nitrogen and oxygen atoms in total. The quantitative estimate of drug-likeness (QED) is 0.789. The van der Waals surface area contributed by atoms with Gasteiger partial charge in [0.15, 0.2) is 0 Å². The van der Waals surface area contributed by atoms with Crippen LogP contribution in [0.2, 0.25) is 0 Å². The van der Waals surface area contributed by atoms with E-state index < -0.39 is 0 Å². The average Bonchev–Trinajstić information content (AvgIpc) is 2.48. The Hall–Kier alpha value is -1.61. The summed E-state index contributed by atoms with van der Waals surface area (Å²) in [7, 11) is 0. The summed E-state index contributed by atoms with van der Waals surface area (Å²) in [6.45, 7) is 7.06. The first-order chi connectivity index (χ1) is 10.1. The van der Waals surface area contributed by atoms with Crippen LogP contribution in [0.15, 0.2) is 35.9 Å². The summed E-state index contributed by atoms with van der Waals surface area (Å²) in [5, 5.41) is 6.28. The molecular formula is C18H26N2O. The van der Waals surface area contributed by atoms with E-state index in [0.717, 1.165) is 31.5 Å². The molecule has 0 aromatic heterocycles. The molecule has 1 amide bonds. The number of carbonyl (C=O) groups excluding carboxylic acids is 1. The summed E-state index contributed by atoms with van der Waals surface area (Å²) in [5.41, 5.74) is 3.75. The molecule has 0 atom stereocenters. The zero-order chi connectivity index (χ0) is 15.1. The first kappa shape index (κ1) is 15.8. The van der Waals surface area contributed by atoms with Gasteiger partial charge in [0.2, 0.25) is 5.91 Å². The molecule has 2 N–H and O–H groups in total. The third-order valence-corrected chi connectivity index (χ3v) is 3.70. The second kappa shape index (κ2) is 7.99. The van der Waals surface area contributed by atoms with Gasteiger partial charge in [0, 0.05) is 13.1 Å². The van der Waals surface area contributed by atoms with Crippen molar-refractivity contribution in [1.29, 1.82) is 0 Å². The monoisotopic (exact) mass is 286 g/mol. The summed E-state index contributed by atoms with van der Waals surface area (Å²) in [6, 6.07) is 8.41. The van der Waals surface area contributed by atoms with Gasteiger partial charge in [0.25, 0.3) is 0 Å². The fourth-order valence-corrected chi connectivity index (χ4v) is 2.55. The topological polar surface area (TPSA) is 41.1 Å². The van der Waals surface area contributed by atoms with Crippen molar-refractivity contribution in [2.24, 2.45) is 5.92 Å². The molecule has 0 saturated carbocycles. The van der Waals surface area contributed by atoms with E-state index in [1.165, 1.54) is 11.1 Å². The van der Waals surface area contributed by atoms with Crippen molar-refractivity contribution in [1.82, 2.24) is 10.6 Å². The van der Waals surface area contributed by atoms with Crippen LogP contribution in [-0.4, -0.2) is 25.5 Å². The molecule has 0 saturated heterocycles. The van der Waals surface area contributed by atoms with Crippen LogP contribution in [0.25, 0.3) is 0 Å². The van der Waals surface area contributed by atoms with Gasteiger partial charge in [-0.2, -0.15) is 0 Å². The molecule has 0 bridgehead atoms. The molecule has 0 aliphatic carbocycles. The Morgan fingerprint density at radius 2 is 1.95 bits per heavy atom. The summed E-state index contributed by atoms with van der Waals surface area (Å²) in [4.78, 5) is 12.0. The third kappa shape index (κ3) is 5.72. The number of carbonyl (C=O) groups is 1. The van der Waals surface area contributed by atoms with E-state index in [4.69, 9.17) is 0 Å². The maximum atomic E-state index is 12.0. The van der Waals surface area contributed by atoms with E-state index in [1.807, 2.05) is 0 Å². The summed E-state index contributed by atoms with van der Waals surface area (Å²) in [6.07, 6.45) is 4.76. The fourth-order valence-electron chi connectivity index (χ4n) is 2.55. The normalized spacial score (nSPS) is 14.9. The second-order valence-electron chi connectivity index (χ2n) is 6.18. The number of hydrogen-bond donors (Lipinski definition) is 2. The zero-order valence-electron chi connectivity index (χ0n) is 13.1. The highest BCUT2D eigenvalue weighted by molar-refractivity contribution is 5.78. The van der Waals surface area contributed by atoms with Crippen molar-refractivity contribution in [2.45, 2.75) is 33.1 Å². The van der Waals surface area contributed by atoms with Gasteiger partial charge >= 0.3 is 0 Å². The van der Waals surface area contributed by atoms with Crippen LogP contribution in [0.4, 0.5) is 0 Å². The molecule has 1 aliphatic rings. The molecule has 1 aromatic carbocycles. The molecular weight excluding hydrogens is 260 g/mol. The maximum absolute atomic E-state index is 12.0. The van der Waals surface area contributed by atoms with E-state index in [2.05, 4.69) is 54.8 Å². The van der Waals surface area contributed by atoms with Crippen LogP contribution >= 0.6 is 0 Å². The predicted molar refractivity (Wildman–Crippen MR) is 87.3 cm³/mol. The predicted octanol–water partition coefficient (Wildman–Crippen LogP) is 2.46. The van der Waals surface area contributed by atoms with E-state index in [-0.39, 0.29) is 5.91 Å². The van der Waals surface area contributed by atoms with E-state index in [9.17, 15) is 4.79 Å². The van der Waals surface area contributed by atoms with Crippen LogP contribution in [0.1, 0.15) is 31.4 Å². The van der Waals surface area contributed by atoms with Crippen molar-refractivity contribution in [2.75, 3.05) is 19.6 Å². The Morgan fingerprint density at radius 3 is 2.57 bits per heavy atom. The van der Waals surface area contributed by atoms with Crippen molar-refractivity contribution in [3.63, 3.8) is 0 Å². The van der Waals surface area contributed by atoms with Gasteiger partial charge in [-0.15, -0.1) is 0 Å². The van der Waals surface area contributed by atoms with Crippen LogP contribution in [0.3, 0.4) is 0 Å².